The Bertz CT molecular complexity index is 531. The highest BCUT2D eigenvalue weighted by molar-refractivity contribution is 7.12. The normalized spacial score (nSPS) is 11.3. The van der Waals surface area contributed by atoms with Crippen LogP contribution >= 0.6 is 11.3 Å². The molecule has 1 heterocycles. The second kappa shape index (κ2) is 8.06. The van der Waals surface area contributed by atoms with E-state index in [-0.39, 0.29) is 0 Å². The molecule has 0 bridgehead atoms. The van der Waals surface area contributed by atoms with Crippen molar-refractivity contribution in [1.82, 2.24) is 0 Å². The third-order valence-electron chi connectivity index (χ3n) is 3.48. The topological polar surface area (TPSA) is 0 Å². The number of hydrogen-bond donors (Lipinski definition) is 0. The van der Waals surface area contributed by atoms with E-state index in [1.54, 1.807) is 0 Å². The van der Waals surface area contributed by atoms with Crippen LogP contribution in [0, 0.1) is 6.92 Å². The van der Waals surface area contributed by atoms with Crippen LogP contribution in [0.4, 0.5) is 0 Å². The Balaban J connectivity index is 1.87. The molecule has 0 nitrogen and oxygen atoms in total. The summed E-state index contributed by atoms with van der Waals surface area (Å²) in [4.78, 5) is 2.88. The third kappa shape index (κ3) is 4.97. The van der Waals surface area contributed by atoms with Gasteiger partial charge in [-0.1, -0.05) is 62.1 Å². The van der Waals surface area contributed by atoms with Gasteiger partial charge in [0.05, 0.1) is 0 Å². The van der Waals surface area contributed by atoms with E-state index in [1.165, 1.54) is 53.0 Å². The van der Waals surface area contributed by atoms with Crippen molar-refractivity contribution in [3.05, 3.63) is 57.3 Å². The smallest absolute Gasteiger partial charge is 0.0273 e. The van der Waals surface area contributed by atoms with Gasteiger partial charge in [-0.25, -0.2) is 0 Å². The molecule has 0 aliphatic heterocycles. The first-order valence-corrected chi connectivity index (χ1v) is 8.43. The van der Waals surface area contributed by atoms with Crippen molar-refractivity contribution < 1.29 is 0 Å². The van der Waals surface area contributed by atoms with Crippen molar-refractivity contribution in [2.45, 2.75) is 46.0 Å². The lowest BCUT2D eigenvalue weighted by Crippen LogP contribution is -1.80. The number of aryl methyl sites for hydroxylation is 2. The number of thiophene rings is 1. The molecule has 2 rings (SSSR count). The molecule has 0 radical (unpaired) electrons. The van der Waals surface area contributed by atoms with Crippen LogP contribution < -0.4 is 0 Å². The summed E-state index contributed by atoms with van der Waals surface area (Å²) in [5.41, 5.74) is 2.58. The Morgan fingerprint density at radius 2 is 1.70 bits per heavy atom. The van der Waals surface area contributed by atoms with Gasteiger partial charge in [0.25, 0.3) is 0 Å². The van der Waals surface area contributed by atoms with Gasteiger partial charge in [0.15, 0.2) is 0 Å². The van der Waals surface area contributed by atoms with E-state index < -0.39 is 0 Å². The summed E-state index contributed by atoms with van der Waals surface area (Å²) in [6.45, 7) is 4.39. The molecule has 0 amide bonds. The molecular formula is C19H24S. The lowest BCUT2D eigenvalue weighted by atomic mass is 10.1. The van der Waals surface area contributed by atoms with Crippen molar-refractivity contribution in [1.29, 1.82) is 0 Å². The summed E-state index contributed by atoms with van der Waals surface area (Å²) in [6.07, 6.45) is 11.0. The van der Waals surface area contributed by atoms with E-state index in [9.17, 15) is 0 Å². The lowest BCUT2D eigenvalue weighted by Gasteiger charge is -1.96. The molecule has 0 spiro atoms. The van der Waals surface area contributed by atoms with Gasteiger partial charge in [-0.2, -0.15) is 0 Å². The maximum absolute atomic E-state index is 2.28. The average Bonchev–Trinajstić information content (AvgIpc) is 2.91. The fraction of sp³-hybridized carbons (Fsp3) is 0.368. The van der Waals surface area contributed by atoms with Gasteiger partial charge in [-0.05, 0) is 43.5 Å². The largest absolute Gasteiger partial charge is 0.141 e. The van der Waals surface area contributed by atoms with Crippen LogP contribution in [-0.4, -0.2) is 0 Å². The van der Waals surface area contributed by atoms with Crippen LogP contribution in [-0.2, 0) is 6.42 Å². The third-order valence-corrected chi connectivity index (χ3v) is 4.59. The summed E-state index contributed by atoms with van der Waals surface area (Å²) in [6, 6.07) is 13.2. The minimum absolute atomic E-state index is 1.24. The fourth-order valence-corrected chi connectivity index (χ4v) is 3.16. The molecule has 0 fully saturated rings. The molecule has 0 aliphatic rings. The van der Waals surface area contributed by atoms with Crippen molar-refractivity contribution in [2.24, 2.45) is 0 Å². The maximum atomic E-state index is 2.28. The molecule has 1 aromatic carbocycles. The van der Waals surface area contributed by atoms with Gasteiger partial charge in [-0.3, -0.25) is 0 Å². The Hall–Kier alpha value is -1.34. The van der Waals surface area contributed by atoms with E-state index in [4.69, 9.17) is 0 Å². The molecule has 0 unspecified atom stereocenters. The monoisotopic (exact) mass is 284 g/mol. The Labute approximate surface area is 127 Å². The van der Waals surface area contributed by atoms with Crippen LogP contribution in [0.25, 0.3) is 12.2 Å². The average molecular weight is 284 g/mol. The maximum Gasteiger partial charge on any atom is 0.0273 e. The molecule has 2 aromatic rings. The van der Waals surface area contributed by atoms with E-state index >= 15 is 0 Å². The minimum Gasteiger partial charge on any atom is -0.141 e. The van der Waals surface area contributed by atoms with E-state index in [0.29, 0.717) is 0 Å². The second-order valence-electron chi connectivity index (χ2n) is 5.36. The molecule has 20 heavy (non-hydrogen) atoms. The Kier molecular flexibility index (Phi) is 6.07. The van der Waals surface area contributed by atoms with Crippen molar-refractivity contribution in [2.75, 3.05) is 0 Å². The fourth-order valence-electron chi connectivity index (χ4n) is 2.20. The van der Waals surface area contributed by atoms with Crippen LogP contribution in [0.1, 0.15) is 53.5 Å². The van der Waals surface area contributed by atoms with Crippen molar-refractivity contribution in [3.8, 4) is 0 Å². The molecule has 0 saturated heterocycles. The predicted octanol–water partition coefficient (Wildman–Crippen LogP) is 6.35. The summed E-state index contributed by atoms with van der Waals surface area (Å²) in [5, 5.41) is 0. The van der Waals surface area contributed by atoms with E-state index in [2.05, 4.69) is 62.4 Å². The number of rotatable bonds is 7. The van der Waals surface area contributed by atoms with Crippen LogP contribution in [0.3, 0.4) is 0 Å². The van der Waals surface area contributed by atoms with Crippen molar-refractivity contribution >= 4 is 23.5 Å². The predicted molar refractivity (Wildman–Crippen MR) is 92.3 cm³/mol. The molecule has 0 aliphatic carbocycles. The molecular weight excluding hydrogens is 260 g/mol. The summed E-state index contributed by atoms with van der Waals surface area (Å²) in [7, 11) is 0. The van der Waals surface area contributed by atoms with Crippen LogP contribution in [0.5, 0.6) is 0 Å². The SMILES string of the molecule is CCCCCCc1ccc(C=Cc2ccc(C)cc2)s1. The molecule has 0 saturated carbocycles. The van der Waals surface area contributed by atoms with Gasteiger partial charge in [0.1, 0.15) is 0 Å². The summed E-state index contributed by atoms with van der Waals surface area (Å²) < 4.78 is 0. The number of hydrogen-bond acceptors (Lipinski definition) is 1. The van der Waals surface area contributed by atoms with Gasteiger partial charge < -0.3 is 0 Å². The highest BCUT2D eigenvalue weighted by Gasteiger charge is 1.98. The van der Waals surface area contributed by atoms with E-state index in [0.717, 1.165) is 0 Å². The van der Waals surface area contributed by atoms with Crippen LogP contribution in [0.2, 0.25) is 0 Å². The minimum atomic E-state index is 1.24. The standard InChI is InChI=1S/C19H24S/c1-3-4-5-6-7-18-14-15-19(20-18)13-12-17-10-8-16(2)9-11-17/h8-15H,3-7H2,1-2H3. The lowest BCUT2D eigenvalue weighted by molar-refractivity contribution is 0.670. The summed E-state index contributed by atoms with van der Waals surface area (Å²) in [5.74, 6) is 0. The van der Waals surface area contributed by atoms with Gasteiger partial charge in [0.2, 0.25) is 0 Å². The van der Waals surface area contributed by atoms with Gasteiger partial charge >= 0.3 is 0 Å². The van der Waals surface area contributed by atoms with Gasteiger partial charge in [-0.15, -0.1) is 11.3 Å². The highest BCUT2D eigenvalue weighted by Crippen LogP contribution is 2.21. The summed E-state index contributed by atoms with van der Waals surface area (Å²) >= 11 is 1.93. The zero-order chi connectivity index (χ0) is 14.2. The first-order chi connectivity index (χ1) is 9.78. The second-order valence-corrected chi connectivity index (χ2v) is 6.56. The van der Waals surface area contributed by atoms with E-state index in [1.807, 2.05) is 11.3 Å². The molecule has 0 N–H and O–H groups in total. The molecule has 1 aromatic heterocycles. The quantitative estimate of drug-likeness (QED) is 0.520. The zero-order valence-corrected chi connectivity index (χ0v) is 13.4. The molecule has 1 heteroatoms. The highest BCUT2D eigenvalue weighted by atomic mass is 32.1. The molecule has 106 valence electrons. The molecule has 0 atom stereocenters. The van der Waals surface area contributed by atoms with Crippen molar-refractivity contribution in [3.63, 3.8) is 0 Å². The Morgan fingerprint density at radius 3 is 2.45 bits per heavy atom. The first-order valence-electron chi connectivity index (χ1n) is 7.61. The number of benzene rings is 1. The van der Waals surface area contributed by atoms with Gasteiger partial charge in [0, 0.05) is 9.75 Å². The van der Waals surface area contributed by atoms with Crippen LogP contribution in [0.15, 0.2) is 36.4 Å². The zero-order valence-electron chi connectivity index (χ0n) is 12.6. The first kappa shape index (κ1) is 15.1. The Morgan fingerprint density at radius 1 is 0.900 bits per heavy atom. The number of unbranched alkanes of at least 4 members (excludes halogenated alkanes) is 3.